The van der Waals surface area contributed by atoms with Crippen molar-refractivity contribution in [2.24, 2.45) is 0 Å². The van der Waals surface area contributed by atoms with Crippen LogP contribution in [0.3, 0.4) is 0 Å². The molecule has 8 heteroatoms. The largest absolute Gasteiger partial charge is 0.504 e. The molecule has 1 atom stereocenters. The monoisotopic (exact) mass is 450 g/mol. The minimum absolute atomic E-state index is 0.00887. The average Bonchev–Trinajstić information content (AvgIpc) is 3.25. The third kappa shape index (κ3) is 3.73. The van der Waals surface area contributed by atoms with Crippen LogP contribution in [0.2, 0.25) is 0 Å². The first-order valence-corrected chi connectivity index (χ1v) is 10.8. The topological polar surface area (TPSA) is 100.0 Å². The number of ketones is 1. The van der Waals surface area contributed by atoms with E-state index >= 15 is 0 Å². The number of aryl methyl sites for hydroxylation is 2. The number of carbonyl (C=O) groups excluding carboxylic acids is 2. The Morgan fingerprint density at radius 2 is 1.88 bits per heavy atom. The summed E-state index contributed by atoms with van der Waals surface area (Å²) in [5, 5.41) is 21.6. The zero-order valence-electron chi connectivity index (χ0n) is 17.8. The van der Waals surface area contributed by atoms with Crippen molar-refractivity contribution in [3.8, 4) is 11.5 Å². The highest BCUT2D eigenvalue weighted by Gasteiger charge is 2.44. The normalized spacial score (nSPS) is 16.0. The van der Waals surface area contributed by atoms with E-state index in [9.17, 15) is 19.8 Å². The molecular formula is C24H22N2O5S. The van der Waals surface area contributed by atoms with Crippen LogP contribution in [0.4, 0.5) is 0 Å². The van der Waals surface area contributed by atoms with Crippen LogP contribution in [0, 0.1) is 13.8 Å². The van der Waals surface area contributed by atoms with Gasteiger partial charge in [-0.2, -0.15) is 0 Å². The summed E-state index contributed by atoms with van der Waals surface area (Å²) in [5.74, 6) is -1.50. The number of phenolic OH excluding ortho intramolecular Hbond substituents is 1. The molecule has 0 aliphatic carbocycles. The van der Waals surface area contributed by atoms with Gasteiger partial charge in [0.2, 0.25) is 5.78 Å². The molecule has 1 aliphatic heterocycles. The molecule has 0 radical (unpaired) electrons. The minimum atomic E-state index is -0.855. The van der Waals surface area contributed by atoms with E-state index in [2.05, 4.69) is 4.98 Å². The fourth-order valence-electron chi connectivity index (χ4n) is 3.90. The number of rotatable bonds is 6. The number of benzene rings is 2. The van der Waals surface area contributed by atoms with Crippen LogP contribution in [-0.2, 0) is 11.3 Å². The molecule has 0 saturated carbocycles. The summed E-state index contributed by atoms with van der Waals surface area (Å²) in [7, 11) is 1.42. The summed E-state index contributed by atoms with van der Waals surface area (Å²) in [6, 6.07) is 13.1. The molecular weight excluding hydrogens is 428 g/mol. The summed E-state index contributed by atoms with van der Waals surface area (Å²) in [6.45, 7) is 3.72. The number of aromatic hydroxyl groups is 1. The number of aliphatic hydroxyl groups is 1. The predicted octanol–water partition coefficient (Wildman–Crippen LogP) is 4.25. The van der Waals surface area contributed by atoms with Gasteiger partial charge in [-0.1, -0.05) is 36.4 Å². The fraction of sp³-hybridized carbons (Fsp3) is 0.208. The lowest BCUT2D eigenvalue weighted by molar-refractivity contribution is -0.130. The molecule has 7 nitrogen and oxygen atoms in total. The fourth-order valence-corrected chi connectivity index (χ4v) is 4.78. The van der Waals surface area contributed by atoms with Gasteiger partial charge in [-0.15, -0.1) is 11.3 Å². The predicted molar refractivity (Wildman–Crippen MR) is 120 cm³/mol. The highest BCUT2D eigenvalue weighted by Crippen LogP contribution is 2.43. The molecule has 0 bridgehead atoms. The standard InChI is InChI=1S/C24H22N2O5S/c1-13-23(32-14(2)25-13)21(28)19-20(16-9-10-17(27)18(11-16)31-3)26(24(30)22(19)29)12-15-7-5-4-6-8-15/h4-11,20,27,29H,12H2,1-3H3. The van der Waals surface area contributed by atoms with Gasteiger partial charge in [0.15, 0.2) is 17.3 Å². The van der Waals surface area contributed by atoms with E-state index in [-0.39, 0.29) is 23.6 Å². The first-order chi connectivity index (χ1) is 15.3. The lowest BCUT2D eigenvalue weighted by atomic mass is 9.94. The van der Waals surface area contributed by atoms with Crippen molar-refractivity contribution in [1.82, 2.24) is 9.88 Å². The van der Waals surface area contributed by atoms with Crippen molar-refractivity contribution in [3.05, 3.63) is 86.6 Å². The Morgan fingerprint density at radius 1 is 1.16 bits per heavy atom. The van der Waals surface area contributed by atoms with E-state index < -0.39 is 23.5 Å². The summed E-state index contributed by atoms with van der Waals surface area (Å²) < 4.78 is 5.23. The summed E-state index contributed by atoms with van der Waals surface area (Å²) in [6.07, 6.45) is 0. The smallest absolute Gasteiger partial charge is 0.290 e. The molecule has 0 saturated heterocycles. The Labute approximate surface area is 189 Å². The van der Waals surface area contributed by atoms with Crippen LogP contribution in [0.5, 0.6) is 11.5 Å². The Hall–Kier alpha value is -3.65. The molecule has 1 unspecified atom stereocenters. The van der Waals surface area contributed by atoms with E-state index in [0.29, 0.717) is 16.1 Å². The van der Waals surface area contributed by atoms with Gasteiger partial charge >= 0.3 is 0 Å². The molecule has 2 aromatic carbocycles. The third-order valence-corrected chi connectivity index (χ3v) is 6.44. The molecule has 2 N–H and O–H groups in total. The Bertz CT molecular complexity index is 1230. The quantitative estimate of drug-likeness (QED) is 0.545. The molecule has 0 fully saturated rings. The van der Waals surface area contributed by atoms with Crippen molar-refractivity contribution < 1.29 is 24.5 Å². The van der Waals surface area contributed by atoms with Crippen LogP contribution < -0.4 is 4.74 Å². The number of Topliss-reactive ketones (excluding diaryl/α,β-unsaturated/α-hetero) is 1. The number of aliphatic hydroxyl groups excluding tert-OH is 1. The van der Waals surface area contributed by atoms with E-state index in [1.165, 1.54) is 29.4 Å². The van der Waals surface area contributed by atoms with Crippen LogP contribution in [0.15, 0.2) is 59.9 Å². The van der Waals surface area contributed by atoms with Gasteiger partial charge in [0, 0.05) is 6.54 Å². The van der Waals surface area contributed by atoms with Crippen LogP contribution >= 0.6 is 11.3 Å². The number of hydrogen-bond donors (Lipinski definition) is 2. The van der Waals surface area contributed by atoms with Gasteiger partial charge in [0.1, 0.15) is 0 Å². The lowest BCUT2D eigenvalue weighted by Gasteiger charge is -2.27. The van der Waals surface area contributed by atoms with E-state index in [4.69, 9.17) is 4.74 Å². The van der Waals surface area contributed by atoms with Gasteiger partial charge in [0.25, 0.3) is 5.91 Å². The van der Waals surface area contributed by atoms with Crippen molar-refractivity contribution in [1.29, 1.82) is 0 Å². The third-order valence-electron chi connectivity index (χ3n) is 5.37. The maximum absolute atomic E-state index is 13.5. The average molecular weight is 451 g/mol. The second kappa shape index (κ2) is 8.47. The number of aromatic nitrogens is 1. The van der Waals surface area contributed by atoms with Gasteiger partial charge in [-0.3, -0.25) is 9.59 Å². The Morgan fingerprint density at radius 3 is 2.50 bits per heavy atom. The zero-order chi connectivity index (χ0) is 23.0. The number of carbonyl (C=O) groups is 2. The van der Waals surface area contributed by atoms with Crippen LogP contribution in [0.1, 0.15) is 37.5 Å². The maximum Gasteiger partial charge on any atom is 0.290 e. The van der Waals surface area contributed by atoms with E-state index in [0.717, 1.165) is 10.6 Å². The number of nitrogens with zero attached hydrogens (tertiary/aromatic N) is 2. The molecule has 164 valence electrons. The zero-order valence-corrected chi connectivity index (χ0v) is 18.6. The van der Waals surface area contributed by atoms with Gasteiger partial charge in [-0.25, -0.2) is 4.98 Å². The van der Waals surface area contributed by atoms with Crippen molar-refractivity contribution in [2.75, 3.05) is 7.11 Å². The van der Waals surface area contributed by atoms with E-state index in [1.54, 1.807) is 26.0 Å². The van der Waals surface area contributed by atoms with Crippen LogP contribution in [-0.4, -0.2) is 38.9 Å². The van der Waals surface area contributed by atoms with Gasteiger partial charge in [-0.05, 0) is 37.1 Å². The van der Waals surface area contributed by atoms with Crippen molar-refractivity contribution in [3.63, 3.8) is 0 Å². The molecule has 1 aromatic heterocycles. The number of phenols is 1. The second-order valence-corrected chi connectivity index (χ2v) is 8.69. The van der Waals surface area contributed by atoms with E-state index in [1.807, 2.05) is 30.3 Å². The Kier molecular flexibility index (Phi) is 5.71. The number of ether oxygens (including phenoxy) is 1. The summed E-state index contributed by atoms with van der Waals surface area (Å²) in [5.41, 5.74) is 1.93. The van der Waals surface area contributed by atoms with Gasteiger partial charge in [0.05, 0.1) is 34.3 Å². The molecule has 1 aliphatic rings. The number of methoxy groups -OCH3 is 1. The lowest BCUT2D eigenvalue weighted by Crippen LogP contribution is -2.30. The minimum Gasteiger partial charge on any atom is -0.504 e. The highest BCUT2D eigenvalue weighted by atomic mass is 32.1. The summed E-state index contributed by atoms with van der Waals surface area (Å²) in [4.78, 5) is 32.8. The SMILES string of the molecule is COc1cc(C2C(C(=O)c3sc(C)nc3C)=C(O)C(=O)N2Cc2ccccc2)ccc1O. The first kappa shape index (κ1) is 21.6. The highest BCUT2D eigenvalue weighted by molar-refractivity contribution is 7.14. The molecule has 0 spiro atoms. The summed E-state index contributed by atoms with van der Waals surface area (Å²) >= 11 is 1.22. The number of thiazole rings is 1. The van der Waals surface area contributed by atoms with Crippen LogP contribution in [0.25, 0.3) is 0 Å². The number of amides is 1. The Balaban J connectivity index is 1.85. The molecule has 32 heavy (non-hydrogen) atoms. The second-order valence-electron chi connectivity index (χ2n) is 7.49. The molecule has 2 heterocycles. The maximum atomic E-state index is 13.5. The van der Waals surface area contributed by atoms with Crippen molar-refractivity contribution >= 4 is 23.0 Å². The first-order valence-electron chi connectivity index (χ1n) is 9.95. The number of hydrogen-bond acceptors (Lipinski definition) is 7. The van der Waals surface area contributed by atoms with Gasteiger partial charge < -0.3 is 19.8 Å². The van der Waals surface area contributed by atoms with Crippen molar-refractivity contribution in [2.45, 2.75) is 26.4 Å². The molecule has 1 amide bonds. The molecule has 3 aromatic rings. The molecule has 4 rings (SSSR count).